The first-order valence-corrected chi connectivity index (χ1v) is 11.8. The number of benzene rings is 1. The number of aliphatic hydroxyl groups excluding tert-OH is 1. The number of hydrogen-bond acceptors (Lipinski definition) is 7. The predicted octanol–water partition coefficient (Wildman–Crippen LogP) is 3.47. The molecule has 6 rings (SSSR count). The number of fused-ring (bicyclic) bond motifs is 3. The van der Waals surface area contributed by atoms with E-state index in [1.165, 1.54) is 0 Å². The van der Waals surface area contributed by atoms with E-state index in [9.17, 15) is 10.2 Å². The van der Waals surface area contributed by atoms with Gasteiger partial charge in [0.2, 0.25) is 0 Å². The van der Waals surface area contributed by atoms with Crippen LogP contribution in [0.25, 0.3) is 21.9 Å². The number of ether oxygens (including phenoxy) is 1. The highest BCUT2D eigenvalue weighted by Gasteiger charge is 2.61. The van der Waals surface area contributed by atoms with E-state index in [-0.39, 0.29) is 5.92 Å². The molecule has 3 aromatic heterocycles. The van der Waals surface area contributed by atoms with Gasteiger partial charge in [-0.1, -0.05) is 23.7 Å². The van der Waals surface area contributed by atoms with Gasteiger partial charge in [-0.15, -0.1) is 0 Å². The molecule has 0 spiro atoms. The van der Waals surface area contributed by atoms with E-state index < -0.39 is 24.0 Å². The normalized spacial score (nSPS) is 28.7. The Morgan fingerprint density at radius 2 is 2.03 bits per heavy atom. The molecule has 1 saturated heterocycles. The first-order valence-electron chi connectivity index (χ1n) is 11.5. The summed E-state index contributed by atoms with van der Waals surface area (Å²) in [5, 5.41) is 24.9. The number of aryl methyl sites for hydroxylation is 2. The van der Waals surface area contributed by atoms with E-state index in [1.807, 2.05) is 54.9 Å². The van der Waals surface area contributed by atoms with Gasteiger partial charge >= 0.3 is 0 Å². The number of aliphatic hydroxyl groups is 2. The molecular weight excluding hydrogens is 454 g/mol. The van der Waals surface area contributed by atoms with Gasteiger partial charge in [0.15, 0.2) is 6.23 Å². The Balaban J connectivity index is 1.30. The summed E-state index contributed by atoms with van der Waals surface area (Å²) in [6.07, 6.45) is 1.50. The van der Waals surface area contributed by atoms with Crippen LogP contribution in [0, 0.1) is 19.8 Å². The molecule has 0 unspecified atom stereocenters. The van der Waals surface area contributed by atoms with E-state index in [0.29, 0.717) is 35.2 Å². The molecule has 1 saturated carbocycles. The van der Waals surface area contributed by atoms with Crippen molar-refractivity contribution < 1.29 is 14.9 Å². The molecule has 0 radical (unpaired) electrons. The summed E-state index contributed by atoms with van der Waals surface area (Å²) in [6.45, 7) is 3.78. The van der Waals surface area contributed by atoms with Gasteiger partial charge in [-0.3, -0.25) is 0 Å². The Labute approximate surface area is 201 Å². The zero-order valence-corrected chi connectivity index (χ0v) is 19.7. The Bertz CT molecular complexity index is 1440. The minimum absolute atomic E-state index is 0.0478. The average molecular weight is 480 g/mol. The Hall–Kier alpha value is -2.78. The molecule has 0 amide bonds. The molecule has 0 bridgehead atoms. The van der Waals surface area contributed by atoms with Gasteiger partial charge in [0.05, 0.1) is 22.3 Å². The fraction of sp³-hybridized carbons (Fsp3) is 0.400. The molecule has 176 valence electrons. The molecule has 9 heteroatoms. The summed E-state index contributed by atoms with van der Waals surface area (Å²) in [4.78, 5) is 13.4. The van der Waals surface area contributed by atoms with Gasteiger partial charge in [-0.2, -0.15) is 0 Å². The zero-order chi connectivity index (χ0) is 23.8. The van der Waals surface area contributed by atoms with E-state index >= 15 is 0 Å². The van der Waals surface area contributed by atoms with Crippen molar-refractivity contribution in [1.82, 2.24) is 19.5 Å². The van der Waals surface area contributed by atoms with Crippen molar-refractivity contribution in [2.24, 2.45) is 5.92 Å². The minimum Gasteiger partial charge on any atom is -0.385 e. The number of anilines is 1. The maximum atomic E-state index is 11.5. The second-order valence-corrected chi connectivity index (χ2v) is 9.99. The van der Waals surface area contributed by atoms with Gasteiger partial charge in [-0.05, 0) is 62.8 Å². The van der Waals surface area contributed by atoms with Crippen molar-refractivity contribution in [3.8, 4) is 0 Å². The summed E-state index contributed by atoms with van der Waals surface area (Å²) < 4.78 is 8.21. The summed E-state index contributed by atoms with van der Waals surface area (Å²) in [6, 6.07) is 9.76. The van der Waals surface area contributed by atoms with Gasteiger partial charge in [0.1, 0.15) is 29.0 Å². The molecule has 5 atom stereocenters. The van der Waals surface area contributed by atoms with E-state index in [4.69, 9.17) is 22.1 Å². The van der Waals surface area contributed by atoms with Crippen LogP contribution in [0.3, 0.4) is 0 Å². The molecule has 4 N–H and O–H groups in total. The topological polar surface area (TPSA) is 119 Å². The molecule has 2 fully saturated rings. The van der Waals surface area contributed by atoms with Crippen molar-refractivity contribution >= 4 is 39.4 Å². The smallest absolute Gasteiger partial charge is 0.164 e. The molecule has 4 heterocycles. The third kappa shape index (κ3) is 3.20. The van der Waals surface area contributed by atoms with Crippen LogP contribution in [0.2, 0.25) is 5.02 Å². The Kier molecular flexibility index (Phi) is 4.87. The van der Waals surface area contributed by atoms with E-state index in [2.05, 4.69) is 15.0 Å². The second kappa shape index (κ2) is 7.61. The van der Waals surface area contributed by atoms with E-state index in [1.54, 1.807) is 0 Å². The third-order valence-electron chi connectivity index (χ3n) is 7.41. The number of pyridine rings is 1. The molecule has 8 nitrogen and oxygen atoms in total. The van der Waals surface area contributed by atoms with Gasteiger partial charge in [-0.25, -0.2) is 15.0 Å². The first-order chi connectivity index (χ1) is 16.2. The third-order valence-corrected chi connectivity index (χ3v) is 7.72. The number of nitrogens with two attached hydrogens (primary N) is 1. The first kappa shape index (κ1) is 21.7. The van der Waals surface area contributed by atoms with Crippen LogP contribution in [-0.2, 0) is 11.2 Å². The lowest BCUT2D eigenvalue weighted by Gasteiger charge is -2.26. The number of nitrogens with zero attached hydrogens (tertiary/aromatic N) is 4. The quantitative estimate of drug-likeness (QED) is 0.411. The highest BCUT2D eigenvalue weighted by atomic mass is 35.5. The fourth-order valence-electron chi connectivity index (χ4n) is 5.72. The molecule has 1 aliphatic heterocycles. The standard InChI is InChI=1S/C25H26ClN5O3/c1-12-17-6-8-31(23(17)29-13(2)28-12)24-20(32)25(33)7-5-16(21(25)34-24)9-14-3-4-15-11-18(26)22(27)30-19(15)10-14/h3-4,6,8,10-11,16,20-21,24,32-33H,5,7,9H2,1-2H3,(H2,27,30)/t16-,20-,21+,24+,25-/m0/s1. The van der Waals surface area contributed by atoms with Crippen LogP contribution >= 0.6 is 11.6 Å². The van der Waals surface area contributed by atoms with Gasteiger partial charge in [0.25, 0.3) is 0 Å². The van der Waals surface area contributed by atoms with Gasteiger partial charge < -0.3 is 25.3 Å². The number of rotatable bonds is 3. The average Bonchev–Trinajstić information content (AvgIpc) is 3.42. The Morgan fingerprint density at radius 3 is 2.85 bits per heavy atom. The number of halogens is 1. The lowest BCUT2D eigenvalue weighted by atomic mass is 9.90. The fourth-order valence-corrected chi connectivity index (χ4v) is 5.88. The number of nitrogen functional groups attached to an aromatic ring is 1. The molecule has 1 aromatic carbocycles. The maximum absolute atomic E-state index is 11.5. The Morgan fingerprint density at radius 1 is 1.21 bits per heavy atom. The summed E-state index contributed by atoms with van der Waals surface area (Å²) in [5.74, 6) is 1.01. The van der Waals surface area contributed by atoms with Crippen LogP contribution in [0.15, 0.2) is 36.5 Å². The van der Waals surface area contributed by atoms with Crippen LogP contribution < -0.4 is 5.73 Å². The van der Waals surface area contributed by atoms with Crippen molar-refractivity contribution in [1.29, 1.82) is 0 Å². The highest BCUT2D eigenvalue weighted by molar-refractivity contribution is 6.33. The molecule has 4 aromatic rings. The molecule has 1 aliphatic carbocycles. The summed E-state index contributed by atoms with van der Waals surface area (Å²) >= 11 is 6.10. The second-order valence-electron chi connectivity index (χ2n) is 9.59. The maximum Gasteiger partial charge on any atom is 0.164 e. The molecule has 34 heavy (non-hydrogen) atoms. The van der Waals surface area contributed by atoms with Crippen molar-refractivity contribution in [3.63, 3.8) is 0 Å². The van der Waals surface area contributed by atoms with Gasteiger partial charge in [0, 0.05) is 17.0 Å². The lowest BCUT2D eigenvalue weighted by molar-refractivity contribution is -0.0675. The lowest BCUT2D eigenvalue weighted by Crippen LogP contribution is -2.45. The van der Waals surface area contributed by atoms with Crippen LogP contribution in [0.4, 0.5) is 5.82 Å². The number of hydrogen-bond donors (Lipinski definition) is 3. The van der Waals surface area contributed by atoms with E-state index in [0.717, 1.165) is 34.0 Å². The predicted molar refractivity (Wildman–Crippen MR) is 129 cm³/mol. The van der Waals surface area contributed by atoms with Crippen LogP contribution in [0.1, 0.15) is 36.2 Å². The molecule has 2 aliphatic rings. The summed E-state index contributed by atoms with van der Waals surface area (Å²) in [5.41, 5.74) is 8.00. The van der Waals surface area contributed by atoms with Crippen LogP contribution in [-0.4, -0.2) is 47.5 Å². The largest absolute Gasteiger partial charge is 0.385 e. The van der Waals surface area contributed by atoms with Crippen molar-refractivity contribution in [2.75, 3.05) is 5.73 Å². The minimum atomic E-state index is -1.31. The van der Waals surface area contributed by atoms with Crippen LogP contribution in [0.5, 0.6) is 0 Å². The zero-order valence-electron chi connectivity index (χ0n) is 18.9. The van der Waals surface area contributed by atoms with Crippen molar-refractivity contribution in [2.45, 2.75) is 57.1 Å². The van der Waals surface area contributed by atoms with Crippen molar-refractivity contribution in [3.05, 3.63) is 58.6 Å². The highest BCUT2D eigenvalue weighted by Crippen LogP contribution is 2.50. The monoisotopic (exact) mass is 479 g/mol. The SMILES string of the molecule is Cc1nc(C)c2ccn([C@@H]3O[C@@H]4[C@H](Cc5ccc6cc(Cl)c(N)nc6c5)CC[C@]4(O)[C@H]3O)c2n1. The summed E-state index contributed by atoms with van der Waals surface area (Å²) in [7, 11) is 0. The number of aromatic nitrogens is 4. The molecular formula is C25H26ClN5O3.